The van der Waals surface area contributed by atoms with Gasteiger partial charge in [0.25, 0.3) is 0 Å². The molecule has 0 aliphatic rings. The summed E-state index contributed by atoms with van der Waals surface area (Å²) in [5.41, 5.74) is -0.523. The first-order valence-electron chi connectivity index (χ1n) is 3.15. The van der Waals surface area contributed by atoms with Crippen LogP contribution in [0.1, 0.15) is 26.7 Å². The van der Waals surface area contributed by atoms with E-state index in [9.17, 15) is 5.11 Å². The Hall–Kier alpha value is 0.270. The average molecular weight is 149 g/mol. The Labute approximate surface area is 62.2 Å². The molecule has 0 amide bonds. The van der Waals surface area contributed by atoms with Crippen molar-refractivity contribution in [1.29, 1.82) is 0 Å². The number of rotatable bonds is 4. The molecule has 0 fully saturated rings. The van der Waals surface area contributed by atoms with Gasteiger partial charge in [-0.15, -0.1) is 0 Å². The van der Waals surface area contributed by atoms with Crippen LogP contribution in [-0.2, 0) is 0 Å². The highest BCUT2D eigenvalue weighted by Crippen LogP contribution is 2.08. The molecule has 0 aliphatic heterocycles. The predicted octanol–water partition coefficient (Wildman–Crippen LogP) is 0.972. The van der Waals surface area contributed by atoms with E-state index < -0.39 is 5.60 Å². The van der Waals surface area contributed by atoms with E-state index in [0.29, 0.717) is 0 Å². The number of hydrogen-bond acceptors (Lipinski definition) is 3. The monoisotopic (exact) mass is 149 g/mol. The van der Waals surface area contributed by atoms with E-state index >= 15 is 0 Å². The van der Waals surface area contributed by atoms with Crippen LogP contribution in [0.15, 0.2) is 0 Å². The first kappa shape index (κ1) is 9.27. The standard InChI is InChI=1S/C6H15NOS/c1-6(2,8)4-3-5-7-9/h7-9H,3-5H2,1-2H3. The van der Waals surface area contributed by atoms with Crippen LogP contribution in [0.25, 0.3) is 0 Å². The zero-order valence-electron chi connectivity index (χ0n) is 6.02. The first-order chi connectivity index (χ1) is 4.06. The highest BCUT2D eigenvalue weighted by molar-refractivity contribution is 7.78. The summed E-state index contributed by atoms with van der Waals surface area (Å²) in [7, 11) is 0. The van der Waals surface area contributed by atoms with E-state index in [2.05, 4.69) is 17.5 Å². The van der Waals surface area contributed by atoms with Gasteiger partial charge < -0.3 is 5.11 Å². The lowest BCUT2D eigenvalue weighted by Gasteiger charge is -2.15. The summed E-state index contributed by atoms with van der Waals surface area (Å²) in [6.45, 7) is 4.48. The van der Waals surface area contributed by atoms with Gasteiger partial charge in [-0.25, -0.2) is 0 Å². The molecular formula is C6H15NOS. The Morgan fingerprint density at radius 1 is 1.56 bits per heavy atom. The maximum absolute atomic E-state index is 9.19. The third-order valence-electron chi connectivity index (χ3n) is 1.08. The number of hydrogen-bond donors (Lipinski definition) is 3. The summed E-state index contributed by atoms with van der Waals surface area (Å²) >= 11 is 3.82. The molecule has 9 heavy (non-hydrogen) atoms. The molecule has 0 aliphatic carbocycles. The molecule has 0 heterocycles. The number of nitrogens with one attached hydrogen (secondary N) is 1. The van der Waals surface area contributed by atoms with Gasteiger partial charge in [-0.2, -0.15) is 0 Å². The molecule has 2 nitrogen and oxygen atoms in total. The molecule has 0 aromatic rings. The minimum absolute atomic E-state index is 0.523. The van der Waals surface area contributed by atoms with Crippen molar-refractivity contribution in [2.24, 2.45) is 0 Å². The zero-order valence-corrected chi connectivity index (χ0v) is 6.91. The molecule has 3 heteroatoms. The lowest BCUT2D eigenvalue weighted by atomic mass is 10.0. The molecule has 0 spiro atoms. The van der Waals surface area contributed by atoms with Crippen LogP contribution in [0.3, 0.4) is 0 Å². The Balaban J connectivity index is 3.07. The lowest BCUT2D eigenvalue weighted by molar-refractivity contribution is 0.0693. The second-order valence-electron chi connectivity index (χ2n) is 2.82. The van der Waals surface area contributed by atoms with Gasteiger partial charge in [0, 0.05) is 6.54 Å². The lowest BCUT2D eigenvalue weighted by Crippen LogP contribution is -2.19. The topological polar surface area (TPSA) is 32.3 Å². The van der Waals surface area contributed by atoms with Gasteiger partial charge in [-0.3, -0.25) is 4.72 Å². The molecule has 0 aromatic carbocycles. The molecule has 0 saturated heterocycles. The molecule has 0 atom stereocenters. The first-order valence-corrected chi connectivity index (χ1v) is 3.60. The van der Waals surface area contributed by atoms with E-state index in [4.69, 9.17) is 0 Å². The average Bonchev–Trinajstić information content (AvgIpc) is 1.63. The number of thiol groups is 1. The van der Waals surface area contributed by atoms with Crippen molar-refractivity contribution in [3.8, 4) is 0 Å². The summed E-state index contributed by atoms with van der Waals surface area (Å²) in [5.74, 6) is 0. The summed E-state index contributed by atoms with van der Waals surface area (Å²) < 4.78 is 2.72. The minimum Gasteiger partial charge on any atom is -0.390 e. The third kappa shape index (κ3) is 8.27. The second kappa shape index (κ2) is 4.14. The Morgan fingerprint density at radius 2 is 2.11 bits per heavy atom. The Kier molecular flexibility index (Phi) is 4.27. The van der Waals surface area contributed by atoms with Crippen molar-refractivity contribution in [2.75, 3.05) is 6.54 Å². The normalized spacial score (nSPS) is 12.0. The molecule has 0 unspecified atom stereocenters. The van der Waals surface area contributed by atoms with Crippen LogP contribution in [0.2, 0.25) is 0 Å². The minimum atomic E-state index is -0.523. The largest absolute Gasteiger partial charge is 0.390 e. The highest BCUT2D eigenvalue weighted by atomic mass is 32.1. The summed E-state index contributed by atoms with van der Waals surface area (Å²) in [5, 5.41) is 9.19. The molecule has 0 saturated carbocycles. The van der Waals surface area contributed by atoms with Gasteiger partial charge in [0.1, 0.15) is 0 Å². The Bertz CT molecular complexity index is 69.9. The van der Waals surface area contributed by atoms with Gasteiger partial charge in [0.2, 0.25) is 0 Å². The molecule has 0 radical (unpaired) electrons. The van der Waals surface area contributed by atoms with Crippen molar-refractivity contribution in [2.45, 2.75) is 32.3 Å². The molecule has 0 bridgehead atoms. The highest BCUT2D eigenvalue weighted by Gasteiger charge is 2.10. The van der Waals surface area contributed by atoms with Crippen LogP contribution < -0.4 is 4.72 Å². The molecule has 0 rings (SSSR count). The molecule has 0 aromatic heterocycles. The fourth-order valence-electron chi connectivity index (χ4n) is 0.600. The van der Waals surface area contributed by atoms with Gasteiger partial charge in [0.05, 0.1) is 5.60 Å². The smallest absolute Gasteiger partial charge is 0.0592 e. The molecular weight excluding hydrogens is 134 g/mol. The van der Waals surface area contributed by atoms with Gasteiger partial charge in [-0.05, 0) is 26.7 Å². The fourth-order valence-corrected chi connectivity index (χ4v) is 0.758. The van der Waals surface area contributed by atoms with Crippen LogP contribution in [-0.4, -0.2) is 17.3 Å². The SMILES string of the molecule is CC(C)(O)CCCNS. The van der Waals surface area contributed by atoms with Crippen LogP contribution in [0.4, 0.5) is 0 Å². The Morgan fingerprint density at radius 3 is 2.44 bits per heavy atom. The van der Waals surface area contributed by atoms with E-state index in [0.717, 1.165) is 19.4 Å². The van der Waals surface area contributed by atoms with Crippen molar-refractivity contribution in [3.63, 3.8) is 0 Å². The zero-order chi connectivity index (χ0) is 7.33. The number of aliphatic hydroxyl groups is 1. The van der Waals surface area contributed by atoms with E-state index in [-0.39, 0.29) is 0 Å². The third-order valence-corrected chi connectivity index (χ3v) is 1.30. The summed E-state index contributed by atoms with van der Waals surface area (Å²) in [6.07, 6.45) is 1.79. The quantitative estimate of drug-likeness (QED) is 0.411. The second-order valence-corrected chi connectivity index (χ2v) is 3.14. The van der Waals surface area contributed by atoms with E-state index in [1.807, 2.05) is 13.8 Å². The maximum Gasteiger partial charge on any atom is 0.0592 e. The van der Waals surface area contributed by atoms with Crippen LogP contribution in [0.5, 0.6) is 0 Å². The van der Waals surface area contributed by atoms with Gasteiger partial charge >= 0.3 is 0 Å². The van der Waals surface area contributed by atoms with Crippen molar-refractivity contribution < 1.29 is 5.11 Å². The molecule has 56 valence electrons. The fraction of sp³-hybridized carbons (Fsp3) is 1.00. The van der Waals surface area contributed by atoms with Crippen molar-refractivity contribution in [3.05, 3.63) is 0 Å². The van der Waals surface area contributed by atoms with E-state index in [1.165, 1.54) is 0 Å². The van der Waals surface area contributed by atoms with E-state index in [1.54, 1.807) is 0 Å². The van der Waals surface area contributed by atoms with Crippen LogP contribution >= 0.6 is 12.8 Å². The predicted molar refractivity (Wildman–Crippen MR) is 42.5 cm³/mol. The van der Waals surface area contributed by atoms with Crippen LogP contribution in [0, 0.1) is 0 Å². The van der Waals surface area contributed by atoms with Crippen molar-refractivity contribution >= 4 is 12.8 Å². The maximum atomic E-state index is 9.19. The van der Waals surface area contributed by atoms with Gasteiger partial charge in [-0.1, -0.05) is 12.8 Å². The molecule has 2 N–H and O–H groups in total. The summed E-state index contributed by atoms with van der Waals surface area (Å²) in [4.78, 5) is 0. The van der Waals surface area contributed by atoms with Crippen molar-refractivity contribution in [1.82, 2.24) is 4.72 Å². The summed E-state index contributed by atoms with van der Waals surface area (Å²) in [6, 6.07) is 0. The van der Waals surface area contributed by atoms with Gasteiger partial charge in [0.15, 0.2) is 0 Å².